The monoisotopic (exact) mass is 336 g/mol. The van der Waals surface area contributed by atoms with Crippen molar-refractivity contribution in [2.75, 3.05) is 44.6 Å². The molecule has 0 aliphatic carbocycles. The number of piperazine rings is 1. The van der Waals surface area contributed by atoms with Crippen molar-refractivity contribution < 1.29 is 9.18 Å². The first-order valence-corrected chi connectivity index (χ1v) is 7.91. The summed E-state index contributed by atoms with van der Waals surface area (Å²) in [5, 5.41) is 6.53. The van der Waals surface area contributed by atoms with Crippen molar-refractivity contribution in [3.63, 3.8) is 0 Å². The minimum atomic E-state index is -0.364. The third-order valence-corrected chi connectivity index (χ3v) is 3.94. The second-order valence-corrected chi connectivity index (χ2v) is 5.68. The van der Waals surface area contributed by atoms with E-state index in [-0.39, 0.29) is 18.3 Å². The van der Waals surface area contributed by atoms with Crippen LogP contribution in [0.4, 0.5) is 10.1 Å². The van der Waals surface area contributed by atoms with Crippen LogP contribution in [0, 0.1) is 5.82 Å². The third-order valence-electron chi connectivity index (χ3n) is 3.53. The Kier molecular flexibility index (Phi) is 6.49. The Morgan fingerprint density at radius 3 is 2.74 bits per heavy atom. The van der Waals surface area contributed by atoms with Gasteiger partial charge in [-0.15, -0.1) is 6.58 Å². The largest absolute Gasteiger partial charge is 0.359 e. The third kappa shape index (κ3) is 5.61. The lowest BCUT2D eigenvalue weighted by molar-refractivity contribution is -0.117. The lowest BCUT2D eigenvalue weighted by Crippen LogP contribution is -2.52. The number of anilines is 1. The van der Waals surface area contributed by atoms with Gasteiger partial charge in [0.05, 0.1) is 6.54 Å². The van der Waals surface area contributed by atoms with Gasteiger partial charge in [-0.3, -0.25) is 9.69 Å². The lowest BCUT2D eigenvalue weighted by atomic mass is 10.3. The van der Waals surface area contributed by atoms with Crippen LogP contribution in [-0.4, -0.2) is 60.1 Å². The summed E-state index contributed by atoms with van der Waals surface area (Å²) in [7, 11) is 0. The molecule has 1 heterocycles. The highest BCUT2D eigenvalue weighted by molar-refractivity contribution is 7.80. The fourth-order valence-electron chi connectivity index (χ4n) is 2.35. The fourth-order valence-corrected chi connectivity index (χ4v) is 2.62. The quantitative estimate of drug-likeness (QED) is 0.629. The van der Waals surface area contributed by atoms with Crippen molar-refractivity contribution in [1.29, 1.82) is 0 Å². The molecule has 1 fully saturated rings. The zero-order chi connectivity index (χ0) is 16.7. The van der Waals surface area contributed by atoms with Gasteiger partial charge in [0.25, 0.3) is 0 Å². The van der Waals surface area contributed by atoms with E-state index in [1.165, 1.54) is 12.1 Å². The van der Waals surface area contributed by atoms with Gasteiger partial charge in [0.1, 0.15) is 5.82 Å². The molecule has 2 rings (SSSR count). The predicted octanol–water partition coefficient (Wildman–Crippen LogP) is 1.44. The summed E-state index contributed by atoms with van der Waals surface area (Å²) >= 11 is 5.30. The number of amides is 1. The second-order valence-electron chi connectivity index (χ2n) is 5.30. The Hall–Kier alpha value is -1.99. The van der Waals surface area contributed by atoms with E-state index in [0.717, 1.165) is 26.2 Å². The van der Waals surface area contributed by atoms with E-state index < -0.39 is 0 Å². The Labute approximate surface area is 141 Å². The molecule has 0 bridgehead atoms. The highest BCUT2D eigenvalue weighted by atomic mass is 32.1. The minimum Gasteiger partial charge on any atom is -0.359 e. The van der Waals surface area contributed by atoms with Crippen molar-refractivity contribution in [2.45, 2.75) is 0 Å². The van der Waals surface area contributed by atoms with Crippen LogP contribution in [0.3, 0.4) is 0 Å². The number of hydrogen-bond acceptors (Lipinski definition) is 3. The van der Waals surface area contributed by atoms with E-state index in [1.54, 1.807) is 18.2 Å². The van der Waals surface area contributed by atoms with Gasteiger partial charge in [-0.2, -0.15) is 0 Å². The van der Waals surface area contributed by atoms with Gasteiger partial charge >= 0.3 is 0 Å². The molecule has 0 unspecified atom stereocenters. The van der Waals surface area contributed by atoms with Crippen LogP contribution >= 0.6 is 12.2 Å². The van der Waals surface area contributed by atoms with Crippen LogP contribution in [0.25, 0.3) is 0 Å². The van der Waals surface area contributed by atoms with Crippen molar-refractivity contribution in [2.24, 2.45) is 0 Å². The Balaban J connectivity index is 1.74. The number of benzene rings is 1. The SMILES string of the molecule is C=CCNC(=S)N1CCN(CC(=O)Nc2cccc(F)c2)CC1. The molecule has 0 saturated carbocycles. The van der Waals surface area contributed by atoms with Crippen molar-refractivity contribution in [3.8, 4) is 0 Å². The molecule has 7 heteroatoms. The zero-order valence-corrected chi connectivity index (χ0v) is 13.7. The summed E-state index contributed by atoms with van der Waals surface area (Å²) in [6, 6.07) is 5.89. The zero-order valence-electron chi connectivity index (χ0n) is 12.9. The molecule has 1 aromatic rings. The summed E-state index contributed by atoms with van der Waals surface area (Å²) in [5.74, 6) is -0.506. The molecule has 0 aromatic heterocycles. The molecule has 124 valence electrons. The van der Waals surface area contributed by atoms with E-state index in [1.807, 2.05) is 0 Å². The van der Waals surface area contributed by atoms with Crippen LogP contribution in [0.2, 0.25) is 0 Å². The first kappa shape index (κ1) is 17.4. The molecule has 1 saturated heterocycles. The Morgan fingerprint density at radius 2 is 2.09 bits per heavy atom. The molecule has 5 nitrogen and oxygen atoms in total. The number of carbonyl (C=O) groups excluding carboxylic acids is 1. The summed E-state index contributed by atoms with van der Waals surface area (Å²) in [6.45, 7) is 7.64. The molecular weight excluding hydrogens is 315 g/mol. The summed E-state index contributed by atoms with van der Waals surface area (Å²) in [4.78, 5) is 16.2. The molecular formula is C16H21FN4OS. The van der Waals surface area contributed by atoms with Gasteiger partial charge in [0, 0.05) is 38.4 Å². The maximum absolute atomic E-state index is 13.1. The second kappa shape index (κ2) is 8.59. The van der Waals surface area contributed by atoms with E-state index in [2.05, 4.69) is 27.0 Å². The molecule has 0 atom stereocenters. The van der Waals surface area contributed by atoms with Crippen LogP contribution in [-0.2, 0) is 4.79 Å². The van der Waals surface area contributed by atoms with Gasteiger partial charge < -0.3 is 15.5 Å². The van der Waals surface area contributed by atoms with Crippen molar-refractivity contribution in [3.05, 3.63) is 42.7 Å². The van der Waals surface area contributed by atoms with Crippen LogP contribution < -0.4 is 10.6 Å². The maximum Gasteiger partial charge on any atom is 0.238 e. The van der Waals surface area contributed by atoms with Crippen LogP contribution in [0.1, 0.15) is 0 Å². The number of halogens is 1. The minimum absolute atomic E-state index is 0.142. The highest BCUT2D eigenvalue weighted by Crippen LogP contribution is 2.09. The van der Waals surface area contributed by atoms with Crippen LogP contribution in [0.5, 0.6) is 0 Å². The van der Waals surface area contributed by atoms with Gasteiger partial charge in [-0.1, -0.05) is 12.1 Å². The van der Waals surface area contributed by atoms with Gasteiger partial charge in [0.2, 0.25) is 5.91 Å². The number of carbonyl (C=O) groups is 1. The van der Waals surface area contributed by atoms with E-state index in [9.17, 15) is 9.18 Å². The maximum atomic E-state index is 13.1. The van der Waals surface area contributed by atoms with Crippen LogP contribution in [0.15, 0.2) is 36.9 Å². The average molecular weight is 336 g/mol. The molecule has 1 aliphatic rings. The standard InChI is InChI=1S/C16H21FN4OS/c1-2-6-18-16(23)21-9-7-20(8-10-21)12-15(22)19-14-5-3-4-13(17)11-14/h2-5,11H,1,6-10,12H2,(H,18,23)(H,19,22). The Bertz CT molecular complexity index is 573. The molecule has 0 radical (unpaired) electrons. The molecule has 23 heavy (non-hydrogen) atoms. The van der Waals surface area contributed by atoms with E-state index in [4.69, 9.17) is 12.2 Å². The number of thiocarbonyl (C=S) groups is 1. The topological polar surface area (TPSA) is 47.6 Å². The Morgan fingerprint density at radius 1 is 1.35 bits per heavy atom. The van der Waals surface area contributed by atoms with E-state index >= 15 is 0 Å². The predicted molar refractivity (Wildman–Crippen MR) is 93.8 cm³/mol. The van der Waals surface area contributed by atoms with Gasteiger partial charge in [-0.05, 0) is 30.4 Å². The summed E-state index contributed by atoms with van der Waals surface area (Å²) < 4.78 is 13.1. The molecule has 2 N–H and O–H groups in total. The lowest BCUT2D eigenvalue weighted by Gasteiger charge is -2.35. The number of rotatable bonds is 5. The first-order valence-electron chi connectivity index (χ1n) is 7.50. The summed E-state index contributed by atoms with van der Waals surface area (Å²) in [6.07, 6.45) is 1.76. The smallest absolute Gasteiger partial charge is 0.238 e. The normalized spacial score (nSPS) is 15.1. The molecule has 1 aromatic carbocycles. The average Bonchev–Trinajstić information content (AvgIpc) is 2.53. The molecule has 0 spiro atoms. The van der Waals surface area contributed by atoms with Gasteiger partial charge in [-0.25, -0.2) is 4.39 Å². The number of nitrogens with one attached hydrogen (secondary N) is 2. The van der Waals surface area contributed by atoms with Crippen molar-refractivity contribution >= 4 is 28.9 Å². The van der Waals surface area contributed by atoms with Crippen molar-refractivity contribution in [1.82, 2.24) is 15.1 Å². The molecule has 1 aliphatic heterocycles. The van der Waals surface area contributed by atoms with Gasteiger partial charge in [0.15, 0.2) is 5.11 Å². The highest BCUT2D eigenvalue weighted by Gasteiger charge is 2.20. The first-order chi connectivity index (χ1) is 11.1. The summed E-state index contributed by atoms with van der Waals surface area (Å²) in [5.41, 5.74) is 0.475. The number of nitrogens with zero attached hydrogens (tertiary/aromatic N) is 2. The molecule has 1 amide bonds. The van der Waals surface area contributed by atoms with E-state index in [0.29, 0.717) is 17.3 Å². The number of hydrogen-bond donors (Lipinski definition) is 2. The fraction of sp³-hybridized carbons (Fsp3) is 0.375.